The summed E-state index contributed by atoms with van der Waals surface area (Å²) >= 11 is 0. The Hall–Kier alpha value is -2.69. The first-order chi connectivity index (χ1) is 13.2. The van der Waals surface area contributed by atoms with E-state index in [2.05, 4.69) is 10.6 Å². The van der Waals surface area contributed by atoms with E-state index in [1.807, 2.05) is 24.3 Å². The van der Waals surface area contributed by atoms with Gasteiger partial charge in [0, 0.05) is 23.0 Å². The highest BCUT2D eigenvalue weighted by Gasteiger charge is 2.13. The third kappa shape index (κ3) is 5.16. The zero-order chi connectivity index (χ0) is 19.1. The Bertz CT molecular complexity index is 751. The fraction of sp³-hybridized carbons (Fsp3) is 0.409. The third-order valence-corrected chi connectivity index (χ3v) is 5.01. The van der Waals surface area contributed by atoms with Gasteiger partial charge in [0.25, 0.3) is 5.91 Å². The molecular weight excluding hydrogens is 340 g/mol. The molecule has 0 aliphatic heterocycles. The average Bonchev–Trinajstić information content (AvgIpc) is 2.97. The Morgan fingerprint density at radius 3 is 2.11 bits per heavy atom. The molecule has 0 saturated heterocycles. The maximum Gasteiger partial charge on any atom is 0.255 e. The summed E-state index contributed by atoms with van der Waals surface area (Å²) in [6.45, 7) is 0. The second kappa shape index (κ2) is 9.31. The molecular formula is C22H28N2O3. The molecule has 0 heterocycles. The number of anilines is 2. The topological polar surface area (TPSA) is 59.6 Å². The standard InChI is InChI=1S/C22H28N2O3/c1-26-20-14-9-16(15-21(20)27-2)22(25)24-19-12-10-18(11-13-19)23-17-7-5-3-4-6-8-17/h9-15,17,23H,3-8H2,1-2H3,(H,24,25). The van der Waals surface area contributed by atoms with Crippen molar-refractivity contribution < 1.29 is 14.3 Å². The van der Waals surface area contributed by atoms with Crippen molar-refractivity contribution >= 4 is 17.3 Å². The second-order valence-electron chi connectivity index (χ2n) is 6.93. The molecule has 1 amide bonds. The molecule has 1 aliphatic rings. The zero-order valence-electron chi connectivity index (χ0n) is 16.1. The third-order valence-electron chi connectivity index (χ3n) is 5.01. The van der Waals surface area contributed by atoms with E-state index in [0.29, 0.717) is 23.1 Å². The summed E-state index contributed by atoms with van der Waals surface area (Å²) < 4.78 is 10.5. The van der Waals surface area contributed by atoms with Gasteiger partial charge in [0.1, 0.15) is 0 Å². The van der Waals surface area contributed by atoms with Gasteiger partial charge < -0.3 is 20.1 Å². The van der Waals surface area contributed by atoms with Crippen LogP contribution in [0.3, 0.4) is 0 Å². The van der Waals surface area contributed by atoms with Crippen molar-refractivity contribution in [1.29, 1.82) is 0 Å². The van der Waals surface area contributed by atoms with Crippen LogP contribution in [-0.4, -0.2) is 26.2 Å². The van der Waals surface area contributed by atoms with Crippen molar-refractivity contribution in [1.82, 2.24) is 0 Å². The van der Waals surface area contributed by atoms with Gasteiger partial charge in [-0.15, -0.1) is 0 Å². The van der Waals surface area contributed by atoms with Crippen molar-refractivity contribution in [3.63, 3.8) is 0 Å². The number of carbonyl (C=O) groups is 1. The number of amides is 1. The van der Waals surface area contributed by atoms with E-state index < -0.39 is 0 Å². The van der Waals surface area contributed by atoms with Gasteiger partial charge >= 0.3 is 0 Å². The summed E-state index contributed by atoms with van der Waals surface area (Å²) in [5.41, 5.74) is 2.39. The lowest BCUT2D eigenvalue weighted by atomic mass is 10.1. The van der Waals surface area contributed by atoms with Gasteiger partial charge in [-0.1, -0.05) is 25.7 Å². The molecule has 1 fully saturated rings. The summed E-state index contributed by atoms with van der Waals surface area (Å²) in [4.78, 5) is 12.5. The lowest BCUT2D eigenvalue weighted by molar-refractivity contribution is 0.102. The van der Waals surface area contributed by atoms with Gasteiger partial charge in [-0.2, -0.15) is 0 Å². The number of carbonyl (C=O) groups excluding carboxylic acids is 1. The van der Waals surface area contributed by atoms with Crippen LogP contribution in [0.1, 0.15) is 48.9 Å². The highest BCUT2D eigenvalue weighted by molar-refractivity contribution is 6.04. The first-order valence-electron chi connectivity index (χ1n) is 9.59. The van der Waals surface area contributed by atoms with Crippen molar-refractivity contribution in [3.8, 4) is 11.5 Å². The molecule has 144 valence electrons. The van der Waals surface area contributed by atoms with Crippen LogP contribution in [0.2, 0.25) is 0 Å². The highest BCUT2D eigenvalue weighted by Crippen LogP contribution is 2.28. The van der Waals surface area contributed by atoms with Gasteiger partial charge in [0.05, 0.1) is 14.2 Å². The molecule has 0 radical (unpaired) electrons. The Balaban J connectivity index is 1.61. The van der Waals surface area contributed by atoms with Gasteiger partial charge in [0.2, 0.25) is 0 Å². The molecule has 2 aromatic carbocycles. The molecule has 0 spiro atoms. The van der Waals surface area contributed by atoms with Crippen molar-refractivity contribution in [2.75, 3.05) is 24.9 Å². The lowest BCUT2D eigenvalue weighted by Gasteiger charge is -2.18. The summed E-state index contributed by atoms with van der Waals surface area (Å²) in [6, 6.07) is 13.6. The number of methoxy groups -OCH3 is 2. The van der Waals surface area contributed by atoms with Crippen LogP contribution in [0.15, 0.2) is 42.5 Å². The van der Waals surface area contributed by atoms with E-state index in [1.54, 1.807) is 32.4 Å². The van der Waals surface area contributed by atoms with Crippen molar-refractivity contribution in [2.45, 2.75) is 44.6 Å². The van der Waals surface area contributed by atoms with E-state index >= 15 is 0 Å². The molecule has 5 heteroatoms. The van der Waals surface area contributed by atoms with Crippen LogP contribution in [0, 0.1) is 0 Å². The minimum atomic E-state index is -0.180. The molecule has 5 nitrogen and oxygen atoms in total. The molecule has 2 aromatic rings. The van der Waals surface area contributed by atoms with E-state index in [-0.39, 0.29) is 5.91 Å². The monoisotopic (exact) mass is 368 g/mol. The van der Waals surface area contributed by atoms with Gasteiger partial charge in [0.15, 0.2) is 11.5 Å². The number of rotatable bonds is 6. The van der Waals surface area contributed by atoms with Crippen LogP contribution in [-0.2, 0) is 0 Å². The zero-order valence-corrected chi connectivity index (χ0v) is 16.1. The maximum absolute atomic E-state index is 12.5. The largest absolute Gasteiger partial charge is 0.493 e. The minimum absolute atomic E-state index is 0.180. The van der Waals surface area contributed by atoms with E-state index in [1.165, 1.54) is 38.5 Å². The van der Waals surface area contributed by atoms with Crippen molar-refractivity contribution in [3.05, 3.63) is 48.0 Å². The number of hydrogen-bond acceptors (Lipinski definition) is 4. The van der Waals surface area contributed by atoms with Crippen LogP contribution in [0.4, 0.5) is 11.4 Å². The van der Waals surface area contributed by atoms with Crippen molar-refractivity contribution in [2.24, 2.45) is 0 Å². The number of nitrogens with one attached hydrogen (secondary N) is 2. The van der Waals surface area contributed by atoms with E-state index in [0.717, 1.165) is 11.4 Å². The fourth-order valence-corrected chi connectivity index (χ4v) is 3.49. The first kappa shape index (κ1) is 19.1. The predicted octanol–water partition coefficient (Wildman–Crippen LogP) is 5.09. The number of hydrogen-bond donors (Lipinski definition) is 2. The lowest BCUT2D eigenvalue weighted by Crippen LogP contribution is -2.18. The molecule has 2 N–H and O–H groups in total. The van der Waals surface area contributed by atoms with E-state index in [4.69, 9.17) is 9.47 Å². The summed E-state index contributed by atoms with van der Waals surface area (Å²) in [6.07, 6.45) is 7.77. The summed E-state index contributed by atoms with van der Waals surface area (Å²) in [7, 11) is 3.13. The SMILES string of the molecule is COc1ccc(C(=O)Nc2ccc(NC3CCCCCC3)cc2)cc1OC. The van der Waals surface area contributed by atoms with Crippen LogP contribution in [0.5, 0.6) is 11.5 Å². The molecule has 0 atom stereocenters. The Morgan fingerprint density at radius 2 is 1.48 bits per heavy atom. The van der Waals surface area contributed by atoms with Crippen LogP contribution < -0.4 is 20.1 Å². The fourth-order valence-electron chi connectivity index (χ4n) is 3.49. The van der Waals surface area contributed by atoms with E-state index in [9.17, 15) is 4.79 Å². The molecule has 27 heavy (non-hydrogen) atoms. The smallest absolute Gasteiger partial charge is 0.255 e. The quantitative estimate of drug-likeness (QED) is 0.697. The van der Waals surface area contributed by atoms with Gasteiger partial charge in [-0.05, 0) is 55.3 Å². The minimum Gasteiger partial charge on any atom is -0.493 e. The Labute approximate surface area is 161 Å². The first-order valence-corrected chi connectivity index (χ1v) is 9.59. The molecule has 1 saturated carbocycles. The predicted molar refractivity (Wildman–Crippen MR) is 109 cm³/mol. The van der Waals surface area contributed by atoms with Gasteiger partial charge in [-0.3, -0.25) is 4.79 Å². The highest BCUT2D eigenvalue weighted by atomic mass is 16.5. The number of ether oxygens (including phenoxy) is 2. The Kier molecular flexibility index (Phi) is 6.58. The summed E-state index contributed by atoms with van der Waals surface area (Å²) in [5.74, 6) is 0.955. The molecule has 0 aromatic heterocycles. The number of benzene rings is 2. The van der Waals surface area contributed by atoms with Crippen LogP contribution >= 0.6 is 0 Å². The Morgan fingerprint density at radius 1 is 0.852 bits per heavy atom. The molecule has 3 rings (SSSR count). The maximum atomic E-state index is 12.5. The van der Waals surface area contributed by atoms with Gasteiger partial charge in [-0.25, -0.2) is 0 Å². The summed E-state index contributed by atoms with van der Waals surface area (Å²) in [5, 5.41) is 6.54. The van der Waals surface area contributed by atoms with Crippen LogP contribution in [0.25, 0.3) is 0 Å². The molecule has 0 bridgehead atoms. The molecule has 0 unspecified atom stereocenters. The average molecular weight is 368 g/mol. The second-order valence-corrected chi connectivity index (χ2v) is 6.93. The molecule has 1 aliphatic carbocycles. The normalized spacial score (nSPS) is 14.9.